The fourth-order valence-corrected chi connectivity index (χ4v) is 2.19. The van der Waals surface area contributed by atoms with Crippen LogP contribution in [0.4, 0.5) is 0 Å². The summed E-state index contributed by atoms with van der Waals surface area (Å²) < 4.78 is 0. The Balaban J connectivity index is 0.000000713. The van der Waals surface area contributed by atoms with Crippen molar-refractivity contribution in [2.75, 3.05) is 6.54 Å². The quantitative estimate of drug-likeness (QED) is 0.267. The lowest BCUT2D eigenvalue weighted by atomic mass is 10.1. The van der Waals surface area contributed by atoms with Crippen LogP contribution in [0.25, 0.3) is 0 Å². The number of hydrogen-bond donors (Lipinski definition) is 6. The highest BCUT2D eigenvalue weighted by atomic mass is 16.4. The minimum atomic E-state index is -1.26. The van der Waals surface area contributed by atoms with Gasteiger partial charge in [-0.2, -0.15) is 0 Å². The Kier molecular flexibility index (Phi) is 12.3. The van der Waals surface area contributed by atoms with Crippen molar-refractivity contribution in [2.24, 2.45) is 0 Å². The number of carbonyl (C=O) groups is 2. The zero-order valence-electron chi connectivity index (χ0n) is 15.6. The monoisotopic (exact) mass is 383 g/mol. The van der Waals surface area contributed by atoms with Gasteiger partial charge in [-0.25, -0.2) is 9.59 Å². The van der Waals surface area contributed by atoms with E-state index in [0.717, 1.165) is 6.42 Å². The van der Waals surface area contributed by atoms with E-state index < -0.39 is 18.0 Å². The maximum Gasteiger partial charge on any atom is 0.328 e. The van der Waals surface area contributed by atoms with Gasteiger partial charge in [0.05, 0.1) is 6.10 Å². The highest BCUT2D eigenvalue weighted by Crippen LogP contribution is 2.24. The van der Waals surface area contributed by atoms with Crippen LogP contribution in [0.1, 0.15) is 51.2 Å². The second-order valence-corrected chi connectivity index (χ2v) is 6.11. The predicted octanol–water partition coefficient (Wildman–Crippen LogP) is 2.40. The number of aliphatic carboxylic acids is 2. The zero-order valence-corrected chi connectivity index (χ0v) is 15.6. The van der Waals surface area contributed by atoms with E-state index in [1.807, 2.05) is 0 Å². The molecule has 6 N–H and O–H groups in total. The van der Waals surface area contributed by atoms with Crippen molar-refractivity contribution < 1.29 is 35.1 Å². The van der Waals surface area contributed by atoms with Crippen molar-refractivity contribution in [1.29, 1.82) is 0 Å². The number of phenolic OH excluding ortho intramolecular Hbond substituents is 2. The Labute approximate surface area is 158 Å². The number of nitrogens with one attached hydrogen (secondary N) is 1. The third-order valence-electron chi connectivity index (χ3n) is 3.58. The lowest BCUT2D eigenvalue weighted by Crippen LogP contribution is -2.30. The van der Waals surface area contributed by atoms with Crippen LogP contribution >= 0.6 is 0 Å². The van der Waals surface area contributed by atoms with E-state index in [1.165, 1.54) is 37.5 Å². The molecule has 2 atom stereocenters. The molecule has 0 unspecified atom stereocenters. The van der Waals surface area contributed by atoms with Gasteiger partial charge in [0.2, 0.25) is 0 Å². The molecule has 0 aliphatic rings. The van der Waals surface area contributed by atoms with Crippen LogP contribution in [0.3, 0.4) is 0 Å². The average molecular weight is 383 g/mol. The van der Waals surface area contributed by atoms with Gasteiger partial charge in [0.1, 0.15) is 11.5 Å². The molecule has 1 aromatic carbocycles. The van der Waals surface area contributed by atoms with Gasteiger partial charge in [0, 0.05) is 30.8 Å². The highest BCUT2D eigenvalue weighted by molar-refractivity contribution is 5.89. The smallest absolute Gasteiger partial charge is 0.328 e. The lowest BCUT2D eigenvalue weighted by molar-refractivity contribution is -0.134. The van der Waals surface area contributed by atoms with Crippen LogP contribution in [0, 0.1) is 0 Å². The van der Waals surface area contributed by atoms with Gasteiger partial charge >= 0.3 is 11.9 Å². The van der Waals surface area contributed by atoms with Crippen molar-refractivity contribution in [1.82, 2.24) is 5.32 Å². The van der Waals surface area contributed by atoms with Crippen LogP contribution < -0.4 is 5.32 Å². The van der Waals surface area contributed by atoms with Crippen LogP contribution in [0.2, 0.25) is 0 Å². The summed E-state index contributed by atoms with van der Waals surface area (Å²) in [6, 6.07) is 4.53. The summed E-state index contributed by atoms with van der Waals surface area (Å²) in [6.07, 6.45) is 5.10. The van der Waals surface area contributed by atoms with E-state index in [-0.39, 0.29) is 11.5 Å². The molecule has 0 bridgehead atoms. The molecule has 27 heavy (non-hydrogen) atoms. The number of aliphatic hydroxyl groups is 1. The van der Waals surface area contributed by atoms with Gasteiger partial charge in [-0.05, 0) is 31.0 Å². The molecule has 0 aliphatic heterocycles. The van der Waals surface area contributed by atoms with E-state index in [2.05, 4.69) is 19.2 Å². The van der Waals surface area contributed by atoms with Crippen LogP contribution in [0.15, 0.2) is 30.4 Å². The molecule has 8 heteroatoms. The van der Waals surface area contributed by atoms with Crippen molar-refractivity contribution in [3.63, 3.8) is 0 Å². The van der Waals surface area contributed by atoms with Gasteiger partial charge in [-0.3, -0.25) is 0 Å². The molecular weight excluding hydrogens is 354 g/mol. The molecule has 0 heterocycles. The first-order valence-corrected chi connectivity index (χ1v) is 8.74. The molecule has 0 saturated heterocycles. The standard InChI is InChI=1S/C15H25NO3.C4H4O4/c1-3-4-5-6-11(2)16-10-15(19)12-7-13(17)9-14(18)8-12;5-3(6)1-2-4(7)8/h7-9,11,15-19H,3-6,10H2,1-2H3;1-2H,(H,5,6)(H,7,8)/b;2-1+/t11-,15-;/m0./s1. The second-order valence-electron chi connectivity index (χ2n) is 6.11. The summed E-state index contributed by atoms with van der Waals surface area (Å²) in [4.78, 5) is 19.1. The number of aromatic hydroxyl groups is 2. The summed E-state index contributed by atoms with van der Waals surface area (Å²) in [5, 5.41) is 47.6. The van der Waals surface area contributed by atoms with Crippen LogP contribution in [-0.4, -0.2) is 50.1 Å². The van der Waals surface area contributed by atoms with E-state index in [9.17, 15) is 24.9 Å². The van der Waals surface area contributed by atoms with Crippen LogP contribution in [-0.2, 0) is 9.59 Å². The largest absolute Gasteiger partial charge is 0.508 e. The van der Waals surface area contributed by atoms with Crippen molar-refractivity contribution >= 4 is 11.9 Å². The maximum atomic E-state index is 10.0. The first-order chi connectivity index (χ1) is 12.6. The summed E-state index contributed by atoms with van der Waals surface area (Å²) in [6.45, 7) is 4.69. The van der Waals surface area contributed by atoms with E-state index in [0.29, 0.717) is 30.3 Å². The predicted molar refractivity (Wildman–Crippen MR) is 101 cm³/mol. The molecule has 0 radical (unpaired) electrons. The Hall–Kier alpha value is -2.58. The maximum absolute atomic E-state index is 10.0. The number of rotatable bonds is 10. The number of unbranched alkanes of at least 4 members (excludes halogenated alkanes) is 2. The SMILES string of the molecule is CCCCC[C@H](C)NC[C@H](O)c1cc(O)cc(O)c1.O=C(O)/C=C/C(=O)O. The number of aliphatic hydroxyl groups excluding tert-OH is 1. The molecule has 0 amide bonds. The summed E-state index contributed by atoms with van der Waals surface area (Å²) >= 11 is 0. The third-order valence-corrected chi connectivity index (χ3v) is 3.58. The van der Waals surface area contributed by atoms with Gasteiger partial charge in [-0.15, -0.1) is 0 Å². The van der Waals surface area contributed by atoms with Gasteiger partial charge in [0.15, 0.2) is 0 Å². The van der Waals surface area contributed by atoms with Crippen molar-refractivity contribution in [2.45, 2.75) is 51.7 Å². The molecule has 0 aliphatic carbocycles. The molecule has 0 spiro atoms. The summed E-state index contributed by atoms with van der Waals surface area (Å²) in [5.41, 5.74) is 0.519. The zero-order chi connectivity index (χ0) is 20.8. The molecule has 0 saturated carbocycles. The van der Waals surface area contributed by atoms with E-state index in [4.69, 9.17) is 10.2 Å². The fraction of sp³-hybridized carbons (Fsp3) is 0.474. The Bertz CT molecular complexity index is 580. The molecule has 0 aromatic heterocycles. The molecule has 8 nitrogen and oxygen atoms in total. The average Bonchev–Trinajstić information content (AvgIpc) is 2.58. The first kappa shape index (κ1) is 24.4. The minimum Gasteiger partial charge on any atom is -0.508 e. The van der Waals surface area contributed by atoms with Gasteiger partial charge < -0.3 is 30.8 Å². The number of carboxylic acids is 2. The van der Waals surface area contributed by atoms with E-state index >= 15 is 0 Å². The fourth-order valence-electron chi connectivity index (χ4n) is 2.19. The number of hydrogen-bond acceptors (Lipinski definition) is 6. The normalized spacial score (nSPS) is 12.9. The van der Waals surface area contributed by atoms with Crippen LogP contribution in [0.5, 0.6) is 11.5 Å². The molecular formula is C19H29NO7. The number of carboxylic acid groups (broad SMARTS) is 2. The number of benzene rings is 1. The summed E-state index contributed by atoms with van der Waals surface area (Å²) in [5.74, 6) is -2.59. The van der Waals surface area contributed by atoms with Crippen molar-refractivity contribution in [3.8, 4) is 11.5 Å². The highest BCUT2D eigenvalue weighted by Gasteiger charge is 2.11. The van der Waals surface area contributed by atoms with Crippen molar-refractivity contribution in [3.05, 3.63) is 35.9 Å². The molecule has 1 aromatic rings. The third kappa shape index (κ3) is 13.3. The van der Waals surface area contributed by atoms with Gasteiger partial charge in [0.25, 0.3) is 0 Å². The lowest BCUT2D eigenvalue weighted by Gasteiger charge is -2.17. The van der Waals surface area contributed by atoms with E-state index in [1.54, 1.807) is 0 Å². The van der Waals surface area contributed by atoms with Gasteiger partial charge in [-0.1, -0.05) is 26.2 Å². The Morgan fingerprint density at radius 2 is 1.56 bits per heavy atom. The second kappa shape index (κ2) is 13.6. The minimum absolute atomic E-state index is 0.0370. The molecule has 0 fully saturated rings. The molecule has 152 valence electrons. The first-order valence-electron chi connectivity index (χ1n) is 8.74. The Morgan fingerprint density at radius 3 is 2.00 bits per heavy atom. The molecule has 1 rings (SSSR count). The number of phenols is 2. The Morgan fingerprint density at radius 1 is 1.04 bits per heavy atom. The summed E-state index contributed by atoms with van der Waals surface area (Å²) in [7, 11) is 0. The topological polar surface area (TPSA) is 147 Å².